The second kappa shape index (κ2) is 8.31. The molecule has 1 saturated carbocycles. The van der Waals surface area contributed by atoms with Gasteiger partial charge in [0.1, 0.15) is 0 Å². The lowest BCUT2D eigenvalue weighted by Gasteiger charge is -2.61. The van der Waals surface area contributed by atoms with Gasteiger partial charge in [0.15, 0.2) is 0 Å². The molecule has 1 aliphatic rings. The third-order valence-corrected chi connectivity index (χ3v) is 6.65. The Morgan fingerprint density at radius 3 is 1.74 bits per heavy atom. The van der Waals surface area contributed by atoms with Gasteiger partial charge in [-0.1, -0.05) is 40.0 Å². The van der Waals surface area contributed by atoms with Crippen molar-refractivity contribution in [3.8, 4) is 0 Å². The molecule has 3 heteroatoms. The zero-order chi connectivity index (χ0) is 17.8. The van der Waals surface area contributed by atoms with Crippen LogP contribution in [0, 0.1) is 11.3 Å². The van der Waals surface area contributed by atoms with Crippen LogP contribution in [0.3, 0.4) is 0 Å². The van der Waals surface area contributed by atoms with Gasteiger partial charge in [0.2, 0.25) is 0 Å². The monoisotopic (exact) mass is 326 g/mol. The summed E-state index contributed by atoms with van der Waals surface area (Å²) in [6.45, 7) is 16.9. The molecule has 1 rings (SSSR count). The van der Waals surface area contributed by atoms with Crippen molar-refractivity contribution >= 4 is 0 Å². The van der Waals surface area contributed by atoms with Crippen molar-refractivity contribution in [1.29, 1.82) is 0 Å². The van der Waals surface area contributed by atoms with Crippen molar-refractivity contribution in [3.63, 3.8) is 0 Å². The first-order valence-corrected chi connectivity index (χ1v) is 9.86. The fourth-order valence-corrected chi connectivity index (χ4v) is 5.22. The van der Waals surface area contributed by atoms with Crippen molar-refractivity contribution in [2.24, 2.45) is 22.8 Å². The maximum Gasteiger partial charge on any atom is 0.0520 e. The molecule has 138 valence electrons. The molecule has 0 aromatic heterocycles. The molecule has 1 aliphatic carbocycles. The summed E-state index contributed by atoms with van der Waals surface area (Å²) in [6, 6.07) is 1.16. The molecule has 0 heterocycles. The summed E-state index contributed by atoms with van der Waals surface area (Å²) < 4.78 is 0. The Morgan fingerprint density at radius 2 is 1.35 bits per heavy atom. The van der Waals surface area contributed by atoms with E-state index >= 15 is 0 Å². The number of rotatable bonds is 8. The standard InChI is InChI=1S/C20H43N3/c1-15(2)23(16(3)4)20(13-9-8-10-14-20)19(6,7)17(5)11-12-18(21)22/h15-18H,8-14,21-22H2,1-7H3/i23+1. The van der Waals surface area contributed by atoms with E-state index in [9.17, 15) is 0 Å². The molecule has 23 heavy (non-hydrogen) atoms. The van der Waals surface area contributed by atoms with Crippen LogP contribution in [-0.4, -0.2) is 28.7 Å². The van der Waals surface area contributed by atoms with E-state index < -0.39 is 0 Å². The van der Waals surface area contributed by atoms with Crippen molar-refractivity contribution in [1.82, 2.24) is 4.90 Å². The van der Waals surface area contributed by atoms with Crippen LogP contribution < -0.4 is 11.5 Å². The first-order valence-electron chi connectivity index (χ1n) is 9.86. The first kappa shape index (κ1) is 20.9. The molecule has 0 saturated heterocycles. The van der Waals surface area contributed by atoms with E-state index in [2.05, 4.69) is 53.4 Å². The zero-order valence-corrected chi connectivity index (χ0v) is 16.9. The molecule has 0 aromatic rings. The molecule has 0 spiro atoms. The lowest BCUT2D eigenvalue weighted by molar-refractivity contribution is -0.104. The van der Waals surface area contributed by atoms with Crippen LogP contribution in [0.2, 0.25) is 0 Å². The fourth-order valence-electron chi connectivity index (χ4n) is 5.22. The Morgan fingerprint density at radius 1 is 0.870 bits per heavy atom. The maximum absolute atomic E-state index is 5.82. The van der Waals surface area contributed by atoms with Gasteiger partial charge in [0.25, 0.3) is 0 Å². The molecule has 0 radical (unpaired) electrons. The lowest BCUT2D eigenvalue weighted by Crippen LogP contribution is -2.65. The van der Waals surface area contributed by atoms with Crippen molar-refractivity contribution in [2.45, 2.75) is 117 Å². The Hall–Kier alpha value is -0.120. The summed E-state index contributed by atoms with van der Waals surface area (Å²) >= 11 is 0. The summed E-state index contributed by atoms with van der Waals surface area (Å²) in [5, 5.41) is 0. The van der Waals surface area contributed by atoms with E-state index in [0.29, 0.717) is 23.5 Å². The minimum atomic E-state index is -0.179. The van der Waals surface area contributed by atoms with Gasteiger partial charge >= 0.3 is 0 Å². The average molecular weight is 327 g/mol. The van der Waals surface area contributed by atoms with E-state index in [0.717, 1.165) is 12.8 Å². The van der Waals surface area contributed by atoms with Gasteiger partial charge in [-0.15, -0.1) is 0 Å². The Kier molecular flexibility index (Phi) is 7.56. The van der Waals surface area contributed by atoms with Crippen molar-refractivity contribution < 1.29 is 0 Å². The highest BCUT2D eigenvalue weighted by atomic mass is 15.9. The van der Waals surface area contributed by atoms with E-state index in [-0.39, 0.29) is 11.6 Å². The van der Waals surface area contributed by atoms with Gasteiger partial charge in [-0.25, -0.2) is 0 Å². The number of hydrogen-bond acceptors (Lipinski definition) is 3. The minimum absolute atomic E-state index is 0.179. The quantitative estimate of drug-likeness (QED) is 0.510. The normalized spacial score (nSPS) is 20.7. The van der Waals surface area contributed by atoms with E-state index in [1.165, 1.54) is 32.1 Å². The second-order valence-corrected chi connectivity index (χ2v) is 9.05. The van der Waals surface area contributed by atoms with Gasteiger partial charge in [-0.3, -0.25) is 4.90 Å². The predicted molar refractivity (Wildman–Crippen MR) is 102 cm³/mol. The summed E-state index contributed by atoms with van der Waals surface area (Å²) in [5.41, 5.74) is 12.2. The largest absolute Gasteiger partial charge is 0.316 e. The third-order valence-electron chi connectivity index (χ3n) is 6.65. The lowest BCUT2D eigenvalue weighted by atomic mass is 9.59. The molecule has 0 aromatic carbocycles. The highest BCUT2D eigenvalue weighted by Gasteiger charge is 2.52. The van der Waals surface area contributed by atoms with E-state index in [4.69, 9.17) is 11.5 Å². The topological polar surface area (TPSA) is 55.3 Å². The average Bonchev–Trinajstić information content (AvgIpc) is 2.44. The Bertz CT molecular complexity index is 333. The Labute approximate surface area is 145 Å². The number of nitrogens with zero attached hydrogens (tertiary/aromatic N) is 1. The van der Waals surface area contributed by atoms with Gasteiger partial charge in [0, 0.05) is 17.6 Å². The molecule has 1 atom stereocenters. The molecule has 3 nitrogen and oxygen atoms in total. The highest BCUT2D eigenvalue weighted by Crippen LogP contribution is 2.52. The molecule has 0 bridgehead atoms. The number of hydrogen-bond donors (Lipinski definition) is 2. The van der Waals surface area contributed by atoms with Gasteiger partial charge < -0.3 is 11.5 Å². The molecule has 1 unspecified atom stereocenters. The summed E-state index contributed by atoms with van der Waals surface area (Å²) in [7, 11) is 0. The van der Waals surface area contributed by atoms with Crippen LogP contribution in [0.5, 0.6) is 0 Å². The SMILES string of the molecule is CC(C)[15N](C(C)C)C1(C(C)(C)C(C)CCC(N)N)CCCCC1. The molecular formula is C20H43N3. The first-order chi connectivity index (χ1) is 10.6. The molecule has 0 amide bonds. The summed E-state index contributed by atoms with van der Waals surface area (Å²) in [5.74, 6) is 0.621. The smallest absolute Gasteiger partial charge is 0.0520 e. The zero-order valence-electron chi connectivity index (χ0n) is 16.9. The minimum Gasteiger partial charge on any atom is -0.316 e. The molecular weight excluding hydrogens is 283 g/mol. The van der Waals surface area contributed by atoms with Crippen molar-refractivity contribution in [3.05, 3.63) is 0 Å². The van der Waals surface area contributed by atoms with Crippen LogP contribution in [-0.2, 0) is 0 Å². The van der Waals surface area contributed by atoms with Gasteiger partial charge in [-0.2, -0.15) is 0 Å². The highest BCUT2D eigenvalue weighted by molar-refractivity contribution is 5.06. The maximum atomic E-state index is 5.82. The molecule has 0 aliphatic heterocycles. The van der Waals surface area contributed by atoms with Gasteiger partial charge in [0.05, 0.1) is 6.17 Å². The fraction of sp³-hybridized carbons (Fsp3) is 1.00. The Balaban J connectivity index is 3.16. The van der Waals surface area contributed by atoms with E-state index in [1.807, 2.05) is 0 Å². The third kappa shape index (κ3) is 4.49. The summed E-state index contributed by atoms with van der Waals surface area (Å²) in [4.78, 5) is 2.82. The van der Waals surface area contributed by atoms with Crippen LogP contribution in [0.1, 0.15) is 93.4 Å². The van der Waals surface area contributed by atoms with Crippen LogP contribution >= 0.6 is 0 Å². The predicted octanol–water partition coefficient (Wildman–Crippen LogP) is 4.49. The second-order valence-electron chi connectivity index (χ2n) is 9.05. The van der Waals surface area contributed by atoms with Crippen molar-refractivity contribution in [2.75, 3.05) is 0 Å². The van der Waals surface area contributed by atoms with Crippen LogP contribution in [0.25, 0.3) is 0 Å². The van der Waals surface area contributed by atoms with Crippen LogP contribution in [0.15, 0.2) is 0 Å². The van der Waals surface area contributed by atoms with Crippen LogP contribution in [0.4, 0.5) is 0 Å². The van der Waals surface area contributed by atoms with E-state index in [1.54, 1.807) is 0 Å². The molecule has 1 fully saturated rings. The number of nitrogens with two attached hydrogens (primary N) is 2. The summed E-state index contributed by atoms with van der Waals surface area (Å²) in [6.07, 6.45) is 8.64. The molecule has 4 N–H and O–H groups in total. The van der Waals surface area contributed by atoms with Gasteiger partial charge in [-0.05, 0) is 64.7 Å².